The van der Waals surface area contributed by atoms with Crippen molar-refractivity contribution >= 4 is 5.91 Å². The lowest BCUT2D eigenvalue weighted by Crippen LogP contribution is -2.41. The zero-order chi connectivity index (χ0) is 13.7. The molecule has 104 valence electrons. The average molecular weight is 260 g/mol. The predicted octanol–water partition coefficient (Wildman–Crippen LogP) is 2.14. The molecule has 0 bridgehead atoms. The molecule has 0 heterocycles. The quantitative estimate of drug-likeness (QED) is 0.851. The van der Waals surface area contributed by atoms with Gasteiger partial charge in [-0.3, -0.25) is 4.79 Å². The molecule has 3 nitrogen and oxygen atoms in total. The highest BCUT2D eigenvalue weighted by atomic mass is 16.1. The van der Waals surface area contributed by atoms with Gasteiger partial charge in [0.15, 0.2) is 0 Å². The highest BCUT2D eigenvalue weighted by molar-refractivity contribution is 5.78. The summed E-state index contributed by atoms with van der Waals surface area (Å²) in [7, 11) is 1.80. The molecule has 1 aliphatic carbocycles. The lowest BCUT2D eigenvalue weighted by Gasteiger charge is -2.30. The Morgan fingerprint density at radius 3 is 2.68 bits per heavy atom. The maximum absolute atomic E-state index is 11.7. The van der Waals surface area contributed by atoms with Crippen LogP contribution in [0.25, 0.3) is 0 Å². The van der Waals surface area contributed by atoms with E-state index in [0.717, 1.165) is 6.54 Å². The molecule has 1 amide bonds. The molecule has 2 rings (SSSR count). The first-order valence-corrected chi connectivity index (χ1v) is 7.15. The van der Waals surface area contributed by atoms with Crippen LogP contribution in [0, 0.1) is 6.92 Å². The Balaban J connectivity index is 2.12. The molecule has 1 aromatic carbocycles. The fourth-order valence-corrected chi connectivity index (χ4v) is 3.09. The molecule has 0 aliphatic heterocycles. The van der Waals surface area contributed by atoms with Gasteiger partial charge in [-0.15, -0.1) is 0 Å². The lowest BCUT2D eigenvalue weighted by atomic mass is 9.78. The van der Waals surface area contributed by atoms with E-state index in [1.165, 1.54) is 36.8 Å². The molecule has 0 saturated heterocycles. The molecule has 0 spiro atoms. The highest BCUT2D eigenvalue weighted by Gasteiger charge is 2.35. The number of hydrogen-bond acceptors (Lipinski definition) is 2. The number of aryl methyl sites for hydroxylation is 1. The van der Waals surface area contributed by atoms with Crippen molar-refractivity contribution in [3.05, 3.63) is 35.4 Å². The van der Waals surface area contributed by atoms with Gasteiger partial charge in [-0.1, -0.05) is 42.7 Å². The minimum absolute atomic E-state index is 0.0847. The van der Waals surface area contributed by atoms with Crippen LogP contribution in [0.15, 0.2) is 24.3 Å². The maximum atomic E-state index is 11.7. The van der Waals surface area contributed by atoms with Crippen LogP contribution in [0.2, 0.25) is 0 Å². The second kappa shape index (κ2) is 6.20. The molecule has 19 heavy (non-hydrogen) atoms. The van der Waals surface area contributed by atoms with Crippen LogP contribution in [0.1, 0.15) is 36.8 Å². The summed E-state index contributed by atoms with van der Waals surface area (Å²) in [4.78, 5) is 11.7. The van der Waals surface area contributed by atoms with Gasteiger partial charge in [-0.05, 0) is 32.4 Å². The second-order valence-corrected chi connectivity index (χ2v) is 5.66. The van der Waals surface area contributed by atoms with Gasteiger partial charge in [-0.2, -0.15) is 0 Å². The number of carbonyl (C=O) groups is 1. The largest absolute Gasteiger partial charge is 0.354 e. The van der Waals surface area contributed by atoms with Gasteiger partial charge >= 0.3 is 0 Å². The number of likely N-dealkylation sites (N-methyl/N-ethyl adjacent to an activating group) is 1. The van der Waals surface area contributed by atoms with Gasteiger partial charge in [0.25, 0.3) is 0 Å². The van der Waals surface area contributed by atoms with Crippen molar-refractivity contribution in [1.29, 1.82) is 0 Å². The molecule has 1 saturated carbocycles. The van der Waals surface area contributed by atoms with E-state index in [1.807, 2.05) is 0 Å². The molecule has 0 aromatic heterocycles. The summed E-state index contributed by atoms with van der Waals surface area (Å²) in [5.74, 6) is 0.0847. The van der Waals surface area contributed by atoms with Crippen LogP contribution in [0.5, 0.6) is 0 Å². The first kappa shape index (κ1) is 14.1. The van der Waals surface area contributed by atoms with Crippen LogP contribution < -0.4 is 10.6 Å². The molecular weight excluding hydrogens is 236 g/mol. The molecule has 1 aliphatic rings. The van der Waals surface area contributed by atoms with Gasteiger partial charge in [0.2, 0.25) is 5.91 Å². The number of amides is 1. The van der Waals surface area contributed by atoms with Gasteiger partial charge < -0.3 is 10.6 Å². The number of benzene rings is 1. The topological polar surface area (TPSA) is 41.1 Å². The van der Waals surface area contributed by atoms with Crippen molar-refractivity contribution in [2.24, 2.45) is 0 Å². The van der Waals surface area contributed by atoms with Crippen LogP contribution in [0.4, 0.5) is 0 Å². The van der Waals surface area contributed by atoms with Crippen LogP contribution >= 0.6 is 0 Å². The predicted molar refractivity (Wildman–Crippen MR) is 78.3 cm³/mol. The van der Waals surface area contributed by atoms with Crippen molar-refractivity contribution in [3.8, 4) is 0 Å². The molecule has 0 unspecified atom stereocenters. The minimum atomic E-state index is 0.0847. The van der Waals surface area contributed by atoms with Crippen molar-refractivity contribution in [2.45, 2.75) is 38.0 Å². The third-order valence-electron chi connectivity index (χ3n) is 4.15. The molecule has 1 aromatic rings. The van der Waals surface area contributed by atoms with Gasteiger partial charge in [-0.25, -0.2) is 0 Å². The Morgan fingerprint density at radius 1 is 1.32 bits per heavy atom. The number of rotatable bonds is 5. The summed E-state index contributed by atoms with van der Waals surface area (Å²) in [6.07, 6.45) is 4.87. The maximum Gasteiger partial charge on any atom is 0.233 e. The van der Waals surface area contributed by atoms with Crippen LogP contribution in [-0.2, 0) is 10.2 Å². The number of carbonyl (C=O) groups excluding carboxylic acids is 1. The summed E-state index contributed by atoms with van der Waals surface area (Å²) in [6, 6.07) is 8.74. The van der Waals surface area contributed by atoms with Crippen molar-refractivity contribution < 1.29 is 4.79 Å². The summed E-state index contributed by atoms with van der Waals surface area (Å²) < 4.78 is 0. The van der Waals surface area contributed by atoms with Crippen molar-refractivity contribution in [1.82, 2.24) is 10.6 Å². The monoisotopic (exact) mass is 260 g/mol. The van der Waals surface area contributed by atoms with E-state index in [-0.39, 0.29) is 11.3 Å². The lowest BCUT2D eigenvalue weighted by molar-refractivity contribution is -0.120. The Kier molecular flexibility index (Phi) is 4.59. The first-order chi connectivity index (χ1) is 9.16. The van der Waals surface area contributed by atoms with E-state index >= 15 is 0 Å². The van der Waals surface area contributed by atoms with E-state index in [1.54, 1.807) is 7.05 Å². The van der Waals surface area contributed by atoms with E-state index in [9.17, 15) is 4.79 Å². The third kappa shape index (κ3) is 3.35. The third-order valence-corrected chi connectivity index (χ3v) is 4.15. The second-order valence-electron chi connectivity index (χ2n) is 5.66. The summed E-state index contributed by atoms with van der Waals surface area (Å²) >= 11 is 0. The standard InChI is InChI=1S/C16H24N2O/c1-13-6-5-7-14(10-13)16(8-3-4-9-16)12-18-15(19)11-17-2/h5-7,10,17H,3-4,8-9,11-12H2,1-2H3,(H,18,19). The Bertz CT molecular complexity index is 436. The number of nitrogens with one attached hydrogen (secondary N) is 2. The summed E-state index contributed by atoms with van der Waals surface area (Å²) in [5, 5.41) is 5.98. The molecule has 0 radical (unpaired) electrons. The van der Waals surface area contributed by atoms with Crippen molar-refractivity contribution in [2.75, 3.05) is 20.1 Å². The van der Waals surface area contributed by atoms with E-state index in [0.29, 0.717) is 6.54 Å². The Morgan fingerprint density at radius 2 is 2.05 bits per heavy atom. The molecule has 2 N–H and O–H groups in total. The molecule has 1 fully saturated rings. The Labute approximate surface area is 115 Å². The fraction of sp³-hybridized carbons (Fsp3) is 0.562. The minimum Gasteiger partial charge on any atom is -0.354 e. The molecule has 0 atom stereocenters. The van der Waals surface area contributed by atoms with Gasteiger partial charge in [0.05, 0.1) is 6.54 Å². The van der Waals surface area contributed by atoms with Crippen LogP contribution in [-0.4, -0.2) is 26.0 Å². The van der Waals surface area contributed by atoms with Crippen LogP contribution in [0.3, 0.4) is 0 Å². The smallest absolute Gasteiger partial charge is 0.233 e. The highest BCUT2D eigenvalue weighted by Crippen LogP contribution is 2.40. The van der Waals surface area contributed by atoms with E-state index < -0.39 is 0 Å². The summed E-state index contributed by atoms with van der Waals surface area (Å²) in [5.41, 5.74) is 2.83. The SMILES string of the molecule is CNCC(=O)NCC1(c2cccc(C)c2)CCCC1. The number of hydrogen-bond donors (Lipinski definition) is 2. The zero-order valence-corrected chi connectivity index (χ0v) is 12.0. The van der Waals surface area contributed by atoms with Gasteiger partial charge in [0, 0.05) is 12.0 Å². The normalized spacial score (nSPS) is 17.4. The zero-order valence-electron chi connectivity index (χ0n) is 12.0. The van der Waals surface area contributed by atoms with Gasteiger partial charge in [0.1, 0.15) is 0 Å². The van der Waals surface area contributed by atoms with Crippen molar-refractivity contribution in [3.63, 3.8) is 0 Å². The van der Waals surface area contributed by atoms with E-state index in [2.05, 4.69) is 41.8 Å². The molecule has 3 heteroatoms. The fourth-order valence-electron chi connectivity index (χ4n) is 3.09. The summed E-state index contributed by atoms with van der Waals surface area (Å²) in [6.45, 7) is 3.28. The molecular formula is C16H24N2O. The average Bonchev–Trinajstić information content (AvgIpc) is 2.87. The first-order valence-electron chi connectivity index (χ1n) is 7.15. The Hall–Kier alpha value is -1.35. The van der Waals surface area contributed by atoms with E-state index in [4.69, 9.17) is 0 Å².